The van der Waals surface area contributed by atoms with E-state index in [1.165, 1.54) is 205 Å². The number of carboxylic acids is 1. The van der Waals surface area contributed by atoms with Gasteiger partial charge >= 0.3 is 17.9 Å². The first-order chi connectivity index (χ1) is 37.6. The van der Waals surface area contributed by atoms with Crippen molar-refractivity contribution in [1.82, 2.24) is 0 Å². The Bertz CT molecular complexity index is 1400. The summed E-state index contributed by atoms with van der Waals surface area (Å²) < 4.78 is 22.9. The number of nitrogens with zero attached hydrogens (tertiary/aromatic N) is 1. The largest absolute Gasteiger partial charge is 0.477 e. The molecule has 0 fully saturated rings. The van der Waals surface area contributed by atoms with Crippen molar-refractivity contribution in [3.8, 4) is 0 Å². The molecule has 0 saturated heterocycles. The van der Waals surface area contributed by atoms with Crippen LogP contribution in [-0.4, -0.2) is 87.4 Å². The summed E-state index contributed by atoms with van der Waals surface area (Å²) >= 11 is 0. The van der Waals surface area contributed by atoms with Crippen LogP contribution >= 0.6 is 0 Å². The molecule has 0 bridgehead atoms. The highest BCUT2D eigenvalue weighted by Crippen LogP contribution is 2.18. The van der Waals surface area contributed by atoms with E-state index >= 15 is 0 Å². The summed E-state index contributed by atoms with van der Waals surface area (Å²) in [5, 5.41) is 9.70. The molecule has 0 spiro atoms. The summed E-state index contributed by atoms with van der Waals surface area (Å²) in [6.45, 7) is 4.81. The Labute approximate surface area is 476 Å². The summed E-state index contributed by atoms with van der Waals surface area (Å²) in [5.41, 5.74) is 0. The van der Waals surface area contributed by atoms with E-state index in [2.05, 4.69) is 62.5 Å². The SMILES string of the molecule is CCC/C=C\C/C=C\CCCCCCCC(=O)OCC(COC(OCC[N+](C)(C)C)C(=O)O)OC(=O)CCCCCCCCCCCCCCCCCCCCCCCCCCCCC/C=C\C/C=C\CCCCCCC. The highest BCUT2D eigenvalue weighted by atomic mass is 16.7. The standard InChI is InChI=1S/C68H125NO8/c1-6-8-10-12-14-16-18-20-21-22-23-24-25-26-27-28-29-30-31-32-33-34-35-36-37-38-39-40-41-42-43-44-45-47-49-51-53-55-57-59-66(71)77-64(63-76-68(67(72)73)74-61-60-69(3,4)5)62-75-65(70)58-56-54-52-50-48-46-19-17-15-13-11-9-7-2/h11,13,17-20,22-23,64,68H,6-10,12,14-16,21,24-63H2,1-5H3/p+1/b13-11-,19-17-,20-18-,23-22-. The molecular weight excluding hydrogens is 959 g/mol. The first-order valence-electron chi connectivity index (χ1n) is 32.8. The maximum absolute atomic E-state index is 12.9. The monoisotopic (exact) mass is 1080 g/mol. The fourth-order valence-electron chi connectivity index (χ4n) is 9.50. The smallest absolute Gasteiger partial charge is 0.361 e. The minimum Gasteiger partial charge on any atom is -0.477 e. The highest BCUT2D eigenvalue weighted by molar-refractivity contribution is 5.71. The van der Waals surface area contributed by atoms with Crippen molar-refractivity contribution in [3.63, 3.8) is 0 Å². The Kier molecular flexibility index (Phi) is 57.3. The molecule has 0 saturated carbocycles. The molecule has 9 heteroatoms. The molecule has 0 radical (unpaired) electrons. The van der Waals surface area contributed by atoms with Crippen molar-refractivity contribution in [3.05, 3.63) is 48.6 Å². The topological polar surface area (TPSA) is 108 Å². The molecule has 0 rings (SSSR count). The predicted octanol–water partition coefficient (Wildman–Crippen LogP) is 19.8. The first-order valence-corrected chi connectivity index (χ1v) is 32.8. The Morgan fingerprint density at radius 1 is 0.390 bits per heavy atom. The third-order valence-corrected chi connectivity index (χ3v) is 14.5. The van der Waals surface area contributed by atoms with Crippen LogP contribution in [0.3, 0.4) is 0 Å². The van der Waals surface area contributed by atoms with Crippen molar-refractivity contribution in [2.45, 2.75) is 322 Å². The fraction of sp³-hybridized carbons (Fsp3) is 0.838. The first kappa shape index (κ1) is 74.2. The molecule has 2 atom stereocenters. The average molecular weight is 1090 g/mol. The van der Waals surface area contributed by atoms with Crippen LogP contribution < -0.4 is 0 Å². The number of carbonyl (C=O) groups excluding carboxylic acids is 2. The molecule has 0 aromatic rings. The summed E-state index contributed by atoms with van der Waals surface area (Å²) in [6, 6.07) is 0. The van der Waals surface area contributed by atoms with E-state index in [0.29, 0.717) is 11.0 Å². The number of esters is 2. The van der Waals surface area contributed by atoms with Gasteiger partial charge in [-0.1, -0.05) is 274 Å². The Balaban J connectivity index is 3.92. The van der Waals surface area contributed by atoms with Crippen LogP contribution in [0.15, 0.2) is 48.6 Å². The maximum Gasteiger partial charge on any atom is 0.361 e. The van der Waals surface area contributed by atoms with Gasteiger partial charge in [-0.2, -0.15) is 0 Å². The van der Waals surface area contributed by atoms with Crippen LogP contribution in [0.5, 0.6) is 0 Å². The summed E-state index contributed by atoms with van der Waals surface area (Å²) in [6.07, 6.45) is 72.5. The zero-order chi connectivity index (χ0) is 56.2. The van der Waals surface area contributed by atoms with Crippen molar-refractivity contribution in [1.29, 1.82) is 0 Å². The zero-order valence-electron chi connectivity index (χ0n) is 51.4. The van der Waals surface area contributed by atoms with E-state index in [1.807, 2.05) is 21.1 Å². The molecule has 0 amide bonds. The Morgan fingerprint density at radius 2 is 0.727 bits per heavy atom. The normalized spacial score (nSPS) is 13.0. The van der Waals surface area contributed by atoms with Crippen LogP contribution in [0.2, 0.25) is 0 Å². The fourth-order valence-corrected chi connectivity index (χ4v) is 9.50. The van der Waals surface area contributed by atoms with Gasteiger partial charge in [-0.3, -0.25) is 9.59 Å². The van der Waals surface area contributed by atoms with Crippen molar-refractivity contribution in [2.24, 2.45) is 0 Å². The van der Waals surface area contributed by atoms with E-state index in [1.54, 1.807) is 0 Å². The van der Waals surface area contributed by atoms with Crippen LogP contribution in [0, 0.1) is 0 Å². The van der Waals surface area contributed by atoms with Crippen molar-refractivity contribution >= 4 is 17.9 Å². The zero-order valence-corrected chi connectivity index (χ0v) is 51.4. The van der Waals surface area contributed by atoms with E-state index in [9.17, 15) is 19.5 Å². The van der Waals surface area contributed by atoms with Gasteiger partial charge in [-0.15, -0.1) is 0 Å². The third kappa shape index (κ3) is 60.7. The second kappa shape index (κ2) is 59.4. The molecule has 0 aliphatic heterocycles. The van der Waals surface area contributed by atoms with Gasteiger partial charge in [0, 0.05) is 12.8 Å². The molecule has 77 heavy (non-hydrogen) atoms. The van der Waals surface area contributed by atoms with Gasteiger partial charge in [0.05, 0.1) is 34.4 Å². The number of unbranched alkanes of at least 4 members (excludes halogenated alkanes) is 38. The number of hydrogen-bond donors (Lipinski definition) is 1. The maximum atomic E-state index is 12.9. The number of quaternary nitrogens is 1. The minimum absolute atomic E-state index is 0.186. The third-order valence-electron chi connectivity index (χ3n) is 14.5. The molecule has 450 valence electrons. The molecule has 0 aliphatic carbocycles. The second-order valence-corrected chi connectivity index (χ2v) is 23.4. The molecular formula is C68H126NO8+. The lowest BCUT2D eigenvalue weighted by Crippen LogP contribution is -2.40. The number of carboxylic acid groups (broad SMARTS) is 1. The average Bonchev–Trinajstić information content (AvgIpc) is 3.40. The van der Waals surface area contributed by atoms with Crippen LogP contribution in [0.25, 0.3) is 0 Å². The van der Waals surface area contributed by atoms with Gasteiger partial charge in [0.25, 0.3) is 6.29 Å². The second-order valence-electron chi connectivity index (χ2n) is 23.4. The molecule has 0 aliphatic rings. The predicted molar refractivity (Wildman–Crippen MR) is 327 cm³/mol. The van der Waals surface area contributed by atoms with Gasteiger partial charge in [0.2, 0.25) is 0 Å². The lowest BCUT2D eigenvalue weighted by Gasteiger charge is -2.25. The van der Waals surface area contributed by atoms with Crippen molar-refractivity contribution in [2.75, 3.05) is 47.5 Å². The minimum atomic E-state index is -1.51. The van der Waals surface area contributed by atoms with Gasteiger partial charge < -0.3 is 28.5 Å². The van der Waals surface area contributed by atoms with E-state index in [-0.39, 0.29) is 38.6 Å². The molecule has 2 unspecified atom stereocenters. The van der Waals surface area contributed by atoms with Crippen LogP contribution in [0.1, 0.15) is 309 Å². The lowest BCUT2D eigenvalue weighted by molar-refractivity contribution is -0.870. The van der Waals surface area contributed by atoms with Crippen molar-refractivity contribution < 1.29 is 42.9 Å². The number of aliphatic carboxylic acids is 1. The number of rotatable bonds is 61. The quantitative estimate of drug-likeness (QED) is 0.0211. The summed E-state index contributed by atoms with van der Waals surface area (Å²) in [4.78, 5) is 37.4. The van der Waals surface area contributed by atoms with Crippen LogP contribution in [0.4, 0.5) is 0 Å². The lowest BCUT2D eigenvalue weighted by atomic mass is 10.0. The van der Waals surface area contributed by atoms with Gasteiger partial charge in [0.1, 0.15) is 13.2 Å². The van der Waals surface area contributed by atoms with Crippen LogP contribution in [-0.2, 0) is 33.3 Å². The summed E-state index contributed by atoms with van der Waals surface area (Å²) in [5.74, 6) is -2.01. The highest BCUT2D eigenvalue weighted by Gasteiger charge is 2.25. The molecule has 0 heterocycles. The Morgan fingerprint density at radius 3 is 1.08 bits per heavy atom. The van der Waals surface area contributed by atoms with Gasteiger partial charge in [0.15, 0.2) is 6.10 Å². The van der Waals surface area contributed by atoms with Gasteiger partial charge in [-0.25, -0.2) is 4.79 Å². The molecule has 0 aromatic carbocycles. The van der Waals surface area contributed by atoms with Gasteiger partial charge in [-0.05, 0) is 70.6 Å². The van der Waals surface area contributed by atoms with E-state index in [0.717, 1.165) is 77.0 Å². The summed E-state index contributed by atoms with van der Waals surface area (Å²) in [7, 11) is 5.97. The number of allylic oxidation sites excluding steroid dienone is 8. The number of hydrogen-bond acceptors (Lipinski definition) is 7. The Hall–Kier alpha value is -2.75. The number of ether oxygens (including phenoxy) is 4. The van der Waals surface area contributed by atoms with E-state index < -0.39 is 24.3 Å². The van der Waals surface area contributed by atoms with E-state index in [4.69, 9.17) is 18.9 Å². The molecule has 0 aromatic heterocycles. The number of likely N-dealkylation sites (N-methyl/N-ethyl adjacent to an activating group) is 1. The number of carbonyl (C=O) groups is 3. The molecule has 9 nitrogen and oxygen atoms in total. The molecule has 1 N–H and O–H groups in total.